The van der Waals surface area contributed by atoms with Gasteiger partial charge < -0.3 is 16.4 Å². The second kappa shape index (κ2) is 8.53. The first-order chi connectivity index (χ1) is 13.4. The predicted molar refractivity (Wildman–Crippen MR) is 110 cm³/mol. The Morgan fingerprint density at radius 2 is 1.96 bits per heavy atom. The highest BCUT2D eigenvalue weighted by Crippen LogP contribution is 2.16. The van der Waals surface area contributed by atoms with E-state index in [4.69, 9.17) is 17.3 Å². The third-order valence-electron chi connectivity index (χ3n) is 3.85. The molecule has 28 heavy (non-hydrogen) atoms. The van der Waals surface area contributed by atoms with Crippen molar-refractivity contribution in [1.82, 2.24) is 5.32 Å². The van der Waals surface area contributed by atoms with Crippen molar-refractivity contribution in [3.63, 3.8) is 0 Å². The van der Waals surface area contributed by atoms with Gasteiger partial charge >= 0.3 is 0 Å². The molecule has 1 heterocycles. The minimum Gasteiger partial charge on any atom is -0.369 e. The molecule has 0 spiro atoms. The van der Waals surface area contributed by atoms with Crippen LogP contribution in [0.5, 0.6) is 0 Å². The molecule has 8 nitrogen and oxygen atoms in total. The smallest absolute Gasteiger partial charge is 0.252 e. The number of hydrogen-bond acceptors (Lipinski definition) is 4. The molecule has 0 saturated carbocycles. The number of amides is 2. The molecular formula is C19H19ClN6O2. The van der Waals surface area contributed by atoms with Gasteiger partial charge in [-0.15, -0.1) is 0 Å². The van der Waals surface area contributed by atoms with Gasteiger partial charge in [-0.25, -0.2) is 4.99 Å². The van der Waals surface area contributed by atoms with Gasteiger partial charge in [0.25, 0.3) is 5.91 Å². The third kappa shape index (κ3) is 5.31. The molecule has 3 rings (SSSR count). The zero-order chi connectivity index (χ0) is 20.1. The van der Waals surface area contributed by atoms with Crippen molar-refractivity contribution in [2.75, 3.05) is 10.6 Å². The Bertz CT molecular complexity index is 955. The number of hydrogen-bond donors (Lipinski definition) is 4. The van der Waals surface area contributed by atoms with Gasteiger partial charge in [0.2, 0.25) is 17.8 Å². The van der Waals surface area contributed by atoms with E-state index in [1.165, 1.54) is 0 Å². The summed E-state index contributed by atoms with van der Waals surface area (Å²) in [6, 6.07) is 13.4. The number of nitrogens with one attached hydrogen (secondary N) is 3. The van der Waals surface area contributed by atoms with Crippen molar-refractivity contribution >= 4 is 46.7 Å². The monoisotopic (exact) mass is 398 g/mol. The maximum Gasteiger partial charge on any atom is 0.252 e. The van der Waals surface area contributed by atoms with Gasteiger partial charge in [0.1, 0.15) is 6.04 Å². The Labute approximate surface area is 166 Å². The van der Waals surface area contributed by atoms with Gasteiger partial charge in [0, 0.05) is 16.4 Å². The minimum atomic E-state index is -0.870. The standard InChI is InChI=1S/C19H19ClN6O2/c1-11-5-7-13(8-6-11)23-18(21)26-19-24-15(17(28)25-19)10-16(27)22-14-4-2-3-12(20)9-14/h2-9,15H,10H2,1H3,(H,22,27)(H4,21,23,24,25,26,28)/t15-/m0/s1. The molecule has 1 aliphatic rings. The summed E-state index contributed by atoms with van der Waals surface area (Å²) in [5.41, 5.74) is 8.27. The number of nitrogens with zero attached hydrogens (tertiary/aromatic N) is 2. The fourth-order valence-electron chi connectivity index (χ4n) is 2.51. The van der Waals surface area contributed by atoms with Crippen LogP contribution < -0.4 is 21.7 Å². The Morgan fingerprint density at radius 3 is 2.68 bits per heavy atom. The number of benzene rings is 2. The summed E-state index contributed by atoms with van der Waals surface area (Å²) in [5, 5.41) is 8.60. The average Bonchev–Trinajstić information content (AvgIpc) is 2.95. The number of anilines is 2. The lowest BCUT2D eigenvalue weighted by Crippen LogP contribution is -2.32. The van der Waals surface area contributed by atoms with Crippen molar-refractivity contribution in [3.8, 4) is 0 Å². The van der Waals surface area contributed by atoms with E-state index in [1.807, 2.05) is 31.2 Å². The topological polar surface area (TPSA) is 121 Å². The van der Waals surface area contributed by atoms with Gasteiger partial charge in [-0.05, 0) is 37.3 Å². The minimum absolute atomic E-state index is 0.0580. The van der Waals surface area contributed by atoms with Crippen LogP contribution in [0.3, 0.4) is 0 Å². The van der Waals surface area contributed by atoms with Crippen LogP contribution in [0, 0.1) is 6.92 Å². The first-order valence-corrected chi connectivity index (χ1v) is 8.89. The van der Waals surface area contributed by atoms with Crippen molar-refractivity contribution < 1.29 is 9.59 Å². The quantitative estimate of drug-likeness (QED) is 0.466. The summed E-state index contributed by atoms with van der Waals surface area (Å²) in [6.45, 7) is 1.98. The Hall–Kier alpha value is -3.39. The van der Waals surface area contributed by atoms with Crippen LogP contribution in [0.15, 0.2) is 58.5 Å². The van der Waals surface area contributed by atoms with Gasteiger partial charge in [0.05, 0.1) is 6.42 Å². The van der Waals surface area contributed by atoms with E-state index in [0.717, 1.165) is 11.3 Å². The molecule has 144 valence electrons. The Kier molecular flexibility index (Phi) is 5.90. The van der Waals surface area contributed by atoms with Crippen LogP contribution in [0.2, 0.25) is 5.02 Å². The van der Waals surface area contributed by atoms with Crippen molar-refractivity contribution in [3.05, 3.63) is 59.1 Å². The molecule has 0 aromatic heterocycles. The van der Waals surface area contributed by atoms with Gasteiger partial charge in [0.15, 0.2) is 0 Å². The highest BCUT2D eigenvalue weighted by Gasteiger charge is 2.28. The van der Waals surface area contributed by atoms with Crippen molar-refractivity contribution in [2.24, 2.45) is 15.7 Å². The zero-order valence-electron chi connectivity index (χ0n) is 15.1. The number of aryl methyl sites for hydroxylation is 1. The summed E-state index contributed by atoms with van der Waals surface area (Å²) in [7, 11) is 0. The summed E-state index contributed by atoms with van der Waals surface area (Å²) >= 11 is 5.89. The fraction of sp³-hybridized carbons (Fsp3) is 0.158. The molecular weight excluding hydrogens is 380 g/mol. The van der Waals surface area contributed by atoms with E-state index in [1.54, 1.807) is 24.3 Å². The second-order valence-electron chi connectivity index (χ2n) is 6.21. The maximum atomic E-state index is 12.1. The molecule has 5 N–H and O–H groups in total. The summed E-state index contributed by atoms with van der Waals surface area (Å²) < 4.78 is 0. The van der Waals surface area contributed by atoms with Gasteiger partial charge in [-0.1, -0.05) is 35.4 Å². The molecule has 9 heteroatoms. The molecule has 1 atom stereocenters. The lowest BCUT2D eigenvalue weighted by molar-refractivity contribution is -0.123. The van der Waals surface area contributed by atoms with Crippen molar-refractivity contribution in [1.29, 1.82) is 0 Å². The molecule has 0 fully saturated rings. The van der Waals surface area contributed by atoms with Crippen LogP contribution >= 0.6 is 11.6 Å². The molecule has 2 aromatic carbocycles. The van der Waals surface area contributed by atoms with Crippen LogP contribution in [-0.2, 0) is 9.59 Å². The molecule has 0 unspecified atom stereocenters. The lowest BCUT2D eigenvalue weighted by Gasteiger charge is -2.07. The summed E-state index contributed by atoms with van der Waals surface area (Å²) in [5.74, 6) is -0.639. The molecule has 1 aliphatic heterocycles. The summed E-state index contributed by atoms with van der Waals surface area (Å²) in [4.78, 5) is 32.4. The molecule has 0 saturated heterocycles. The van der Waals surface area contributed by atoms with E-state index >= 15 is 0 Å². The lowest BCUT2D eigenvalue weighted by atomic mass is 10.2. The first-order valence-electron chi connectivity index (χ1n) is 8.51. The number of carbonyl (C=O) groups is 2. The van der Waals surface area contributed by atoms with Gasteiger partial charge in [-0.2, -0.15) is 4.99 Å². The Morgan fingerprint density at radius 1 is 1.21 bits per heavy atom. The fourth-order valence-corrected chi connectivity index (χ4v) is 2.70. The van der Waals surface area contributed by atoms with E-state index < -0.39 is 11.9 Å². The first kappa shape index (κ1) is 19.4. The molecule has 0 aliphatic carbocycles. The van der Waals surface area contributed by atoms with Crippen molar-refractivity contribution in [2.45, 2.75) is 19.4 Å². The number of halogens is 1. The summed E-state index contributed by atoms with van der Waals surface area (Å²) in [6.07, 6.45) is -0.122. The van der Waals surface area contributed by atoms with E-state index in [0.29, 0.717) is 10.7 Å². The van der Waals surface area contributed by atoms with E-state index in [9.17, 15) is 9.59 Å². The number of rotatable bonds is 4. The number of carbonyl (C=O) groups excluding carboxylic acids is 2. The van der Waals surface area contributed by atoms with Crippen LogP contribution in [0.1, 0.15) is 12.0 Å². The highest BCUT2D eigenvalue weighted by atomic mass is 35.5. The molecule has 0 radical (unpaired) electrons. The second-order valence-corrected chi connectivity index (χ2v) is 6.64. The average molecular weight is 399 g/mol. The predicted octanol–water partition coefficient (Wildman–Crippen LogP) is 2.26. The normalized spacial score (nSPS) is 16.4. The number of guanidine groups is 2. The SMILES string of the molecule is Cc1ccc(NC(N)=NC2=N[C@@H](CC(=O)Nc3cccc(Cl)c3)C(=O)N2)cc1. The van der Waals surface area contributed by atoms with Gasteiger partial charge in [-0.3, -0.25) is 14.9 Å². The molecule has 2 amide bonds. The number of nitrogens with two attached hydrogens (primary N) is 1. The van der Waals surface area contributed by atoms with E-state index in [2.05, 4.69) is 25.9 Å². The third-order valence-corrected chi connectivity index (χ3v) is 4.09. The molecule has 0 bridgehead atoms. The van der Waals surface area contributed by atoms with Crippen LogP contribution in [0.4, 0.5) is 11.4 Å². The highest BCUT2D eigenvalue weighted by molar-refractivity contribution is 6.30. The zero-order valence-corrected chi connectivity index (χ0v) is 15.8. The maximum absolute atomic E-state index is 12.1. The number of aliphatic imine (C=N–C) groups is 2. The Balaban J connectivity index is 1.60. The van der Waals surface area contributed by atoms with Crippen LogP contribution in [-0.4, -0.2) is 29.8 Å². The molecule has 2 aromatic rings. The van der Waals surface area contributed by atoms with Crippen LogP contribution in [0.25, 0.3) is 0 Å². The van der Waals surface area contributed by atoms with E-state index in [-0.39, 0.29) is 24.2 Å². The largest absolute Gasteiger partial charge is 0.369 e.